The molecule has 3 aromatic rings. The topological polar surface area (TPSA) is 80.9 Å². The number of thiophene rings is 1. The highest BCUT2D eigenvalue weighted by molar-refractivity contribution is 7.99. The van der Waals surface area contributed by atoms with Crippen LogP contribution in [0.2, 0.25) is 0 Å². The van der Waals surface area contributed by atoms with Crippen molar-refractivity contribution in [2.45, 2.75) is 37.3 Å². The van der Waals surface area contributed by atoms with Crippen LogP contribution in [-0.2, 0) is 24.1 Å². The Kier molecular flexibility index (Phi) is 5.77. The highest BCUT2D eigenvalue weighted by atomic mass is 32.2. The van der Waals surface area contributed by atoms with Crippen molar-refractivity contribution in [3.63, 3.8) is 0 Å². The predicted molar refractivity (Wildman–Crippen MR) is 112 cm³/mol. The second kappa shape index (κ2) is 8.45. The van der Waals surface area contributed by atoms with Gasteiger partial charge in [0.25, 0.3) is 0 Å². The van der Waals surface area contributed by atoms with Gasteiger partial charge in [0.1, 0.15) is 16.5 Å². The number of nitrogens with zero attached hydrogens (tertiary/aromatic N) is 2. The highest BCUT2D eigenvalue weighted by Crippen LogP contribution is 2.38. The van der Waals surface area contributed by atoms with Crippen LogP contribution < -0.4 is 11.1 Å². The molecule has 3 N–H and O–H groups in total. The van der Waals surface area contributed by atoms with E-state index < -0.39 is 0 Å². The van der Waals surface area contributed by atoms with Crippen LogP contribution in [0.4, 0.5) is 10.2 Å². The zero-order valence-electron chi connectivity index (χ0n) is 15.3. The van der Waals surface area contributed by atoms with E-state index in [9.17, 15) is 9.18 Å². The number of benzene rings is 1. The van der Waals surface area contributed by atoms with Gasteiger partial charge in [-0.05, 0) is 55.4 Å². The van der Waals surface area contributed by atoms with Gasteiger partial charge >= 0.3 is 0 Å². The first-order valence-corrected chi connectivity index (χ1v) is 11.1. The molecule has 0 atom stereocenters. The standard InChI is InChI=1S/C20H21FN4OS2/c21-13-7-5-12(6-8-13)9-10-23-16(26)11-27-20-24-18(22)17-14-3-1-2-4-15(14)28-19(17)25-20/h5-8H,1-4,9-11H2,(H,23,26)(H2,22,24,25). The number of amides is 1. The van der Waals surface area contributed by atoms with Crippen molar-refractivity contribution >= 4 is 45.0 Å². The monoisotopic (exact) mass is 416 g/mol. The van der Waals surface area contributed by atoms with E-state index in [0.29, 0.717) is 23.9 Å². The van der Waals surface area contributed by atoms with Gasteiger partial charge in [0.05, 0.1) is 11.1 Å². The Balaban J connectivity index is 1.33. The lowest BCUT2D eigenvalue weighted by Crippen LogP contribution is -2.27. The molecule has 2 heterocycles. The second-order valence-corrected chi connectivity index (χ2v) is 8.82. The average Bonchev–Trinajstić information content (AvgIpc) is 3.07. The zero-order chi connectivity index (χ0) is 19.5. The Morgan fingerprint density at radius 1 is 1.21 bits per heavy atom. The van der Waals surface area contributed by atoms with Crippen molar-refractivity contribution in [2.75, 3.05) is 18.0 Å². The van der Waals surface area contributed by atoms with Gasteiger partial charge in [-0.2, -0.15) is 0 Å². The van der Waals surface area contributed by atoms with E-state index in [1.165, 1.54) is 47.2 Å². The molecule has 0 saturated carbocycles. The quantitative estimate of drug-likeness (QED) is 0.473. The Hall–Kier alpha value is -2.19. The summed E-state index contributed by atoms with van der Waals surface area (Å²) in [6.07, 6.45) is 5.20. The van der Waals surface area contributed by atoms with Gasteiger partial charge in [-0.15, -0.1) is 11.3 Å². The Labute approximate surface area is 171 Å². The summed E-state index contributed by atoms with van der Waals surface area (Å²) < 4.78 is 12.9. The molecule has 0 unspecified atom stereocenters. The number of carbonyl (C=O) groups excluding carboxylic acids is 1. The molecule has 1 aliphatic carbocycles. The minimum Gasteiger partial charge on any atom is -0.383 e. The highest BCUT2D eigenvalue weighted by Gasteiger charge is 2.20. The van der Waals surface area contributed by atoms with Crippen LogP contribution in [0.5, 0.6) is 0 Å². The van der Waals surface area contributed by atoms with Crippen LogP contribution >= 0.6 is 23.1 Å². The number of anilines is 1. The maximum Gasteiger partial charge on any atom is 0.230 e. The van der Waals surface area contributed by atoms with Crippen LogP contribution in [0.3, 0.4) is 0 Å². The van der Waals surface area contributed by atoms with E-state index >= 15 is 0 Å². The molecule has 4 rings (SSSR count). The van der Waals surface area contributed by atoms with Gasteiger partial charge < -0.3 is 11.1 Å². The smallest absolute Gasteiger partial charge is 0.230 e. The summed E-state index contributed by atoms with van der Waals surface area (Å²) >= 11 is 3.00. The normalized spacial score (nSPS) is 13.5. The number of thioether (sulfide) groups is 1. The van der Waals surface area contributed by atoms with E-state index in [0.717, 1.165) is 28.6 Å². The number of carbonyl (C=O) groups is 1. The van der Waals surface area contributed by atoms with Gasteiger partial charge in [0.2, 0.25) is 5.91 Å². The third-order valence-corrected chi connectivity index (χ3v) is 6.84. The maximum absolute atomic E-state index is 12.9. The number of aromatic nitrogens is 2. The van der Waals surface area contributed by atoms with Crippen molar-refractivity contribution in [1.29, 1.82) is 0 Å². The minimum absolute atomic E-state index is 0.0835. The van der Waals surface area contributed by atoms with Crippen molar-refractivity contribution in [1.82, 2.24) is 15.3 Å². The van der Waals surface area contributed by atoms with Gasteiger partial charge in [-0.3, -0.25) is 4.79 Å². The molecule has 0 fully saturated rings. The Morgan fingerprint density at radius 3 is 2.82 bits per heavy atom. The zero-order valence-corrected chi connectivity index (χ0v) is 17.0. The van der Waals surface area contributed by atoms with E-state index in [4.69, 9.17) is 5.73 Å². The summed E-state index contributed by atoms with van der Waals surface area (Å²) in [6, 6.07) is 6.30. The number of nitrogen functional groups attached to an aromatic ring is 1. The maximum atomic E-state index is 12.9. The minimum atomic E-state index is -0.257. The van der Waals surface area contributed by atoms with E-state index in [2.05, 4.69) is 15.3 Å². The third-order valence-electron chi connectivity index (χ3n) is 4.80. The van der Waals surface area contributed by atoms with E-state index in [-0.39, 0.29) is 17.5 Å². The van der Waals surface area contributed by atoms with Crippen molar-refractivity contribution in [2.24, 2.45) is 0 Å². The first kappa shape index (κ1) is 19.1. The number of halogens is 1. The Morgan fingerprint density at radius 2 is 2.00 bits per heavy atom. The number of nitrogens with one attached hydrogen (secondary N) is 1. The fourth-order valence-electron chi connectivity index (χ4n) is 3.41. The molecule has 8 heteroatoms. The second-order valence-electron chi connectivity index (χ2n) is 6.80. The summed E-state index contributed by atoms with van der Waals surface area (Å²) in [5.74, 6) is 0.412. The van der Waals surface area contributed by atoms with Crippen LogP contribution in [0, 0.1) is 5.82 Å². The molecule has 1 amide bonds. The molecule has 0 bridgehead atoms. The van der Waals surface area contributed by atoms with Gasteiger partial charge in [0.15, 0.2) is 5.16 Å². The Bertz CT molecular complexity index is 1000. The van der Waals surface area contributed by atoms with Crippen molar-refractivity contribution < 1.29 is 9.18 Å². The number of aryl methyl sites for hydroxylation is 2. The first-order valence-electron chi connectivity index (χ1n) is 9.32. The fourth-order valence-corrected chi connectivity index (χ4v) is 5.42. The molecule has 5 nitrogen and oxygen atoms in total. The summed E-state index contributed by atoms with van der Waals surface area (Å²) in [6.45, 7) is 0.505. The number of nitrogens with two attached hydrogens (primary N) is 1. The van der Waals surface area contributed by atoms with Gasteiger partial charge in [-0.1, -0.05) is 23.9 Å². The lowest BCUT2D eigenvalue weighted by Gasteiger charge is -2.10. The van der Waals surface area contributed by atoms with E-state index in [1.54, 1.807) is 23.5 Å². The van der Waals surface area contributed by atoms with Gasteiger partial charge in [0, 0.05) is 11.4 Å². The lowest BCUT2D eigenvalue weighted by atomic mass is 9.97. The predicted octanol–water partition coefficient (Wildman–Crippen LogP) is 3.74. The van der Waals surface area contributed by atoms with Crippen LogP contribution in [-0.4, -0.2) is 28.2 Å². The molecule has 2 aromatic heterocycles. The molecular formula is C20H21FN4OS2. The molecule has 0 aliphatic heterocycles. The van der Waals surface area contributed by atoms with Crippen molar-refractivity contribution in [3.8, 4) is 0 Å². The van der Waals surface area contributed by atoms with Crippen LogP contribution in [0.15, 0.2) is 29.4 Å². The molecular weight excluding hydrogens is 395 g/mol. The van der Waals surface area contributed by atoms with Crippen LogP contribution in [0.1, 0.15) is 28.8 Å². The first-order chi connectivity index (χ1) is 13.6. The summed E-state index contributed by atoms with van der Waals surface area (Å²) in [5.41, 5.74) is 8.50. The summed E-state index contributed by atoms with van der Waals surface area (Å²) in [5, 5.41) is 4.42. The van der Waals surface area contributed by atoms with Crippen molar-refractivity contribution in [3.05, 3.63) is 46.1 Å². The molecule has 1 aromatic carbocycles. The number of hydrogen-bond donors (Lipinski definition) is 2. The largest absolute Gasteiger partial charge is 0.383 e. The molecule has 28 heavy (non-hydrogen) atoms. The van der Waals surface area contributed by atoms with Crippen LogP contribution in [0.25, 0.3) is 10.2 Å². The van der Waals surface area contributed by atoms with Gasteiger partial charge in [-0.25, -0.2) is 14.4 Å². The summed E-state index contributed by atoms with van der Waals surface area (Å²) in [7, 11) is 0. The SMILES string of the molecule is Nc1nc(SCC(=O)NCCc2ccc(F)cc2)nc2sc3c(c12)CCCC3. The molecule has 0 spiro atoms. The lowest BCUT2D eigenvalue weighted by molar-refractivity contribution is -0.118. The summed E-state index contributed by atoms with van der Waals surface area (Å²) in [4.78, 5) is 23.4. The average molecular weight is 417 g/mol. The third kappa shape index (κ3) is 4.28. The van der Waals surface area contributed by atoms with E-state index in [1.807, 2.05) is 0 Å². The number of hydrogen-bond acceptors (Lipinski definition) is 6. The number of fused-ring (bicyclic) bond motifs is 3. The molecule has 0 saturated heterocycles. The fraction of sp³-hybridized carbons (Fsp3) is 0.350. The number of rotatable bonds is 6. The molecule has 1 aliphatic rings. The molecule has 0 radical (unpaired) electrons. The molecule has 146 valence electrons.